The molecule has 0 radical (unpaired) electrons. The highest BCUT2D eigenvalue weighted by Gasteiger charge is 2.38. The van der Waals surface area contributed by atoms with Gasteiger partial charge in [0, 0.05) is 39.7 Å². The summed E-state index contributed by atoms with van der Waals surface area (Å²) in [5, 5.41) is -0.933. The van der Waals surface area contributed by atoms with E-state index in [0.29, 0.717) is 12.1 Å². The minimum Gasteiger partial charge on any atom is -0.367 e. The highest BCUT2D eigenvalue weighted by molar-refractivity contribution is 7.90. The van der Waals surface area contributed by atoms with Crippen molar-refractivity contribution in [3.63, 3.8) is 0 Å². The summed E-state index contributed by atoms with van der Waals surface area (Å²) in [6, 6.07) is 1.15. The number of carbonyl (C=O) groups is 3. The lowest BCUT2D eigenvalue weighted by atomic mass is 9.81. The molecule has 1 aliphatic rings. The summed E-state index contributed by atoms with van der Waals surface area (Å²) >= 11 is 6.04. The van der Waals surface area contributed by atoms with Gasteiger partial charge < -0.3 is 4.74 Å². The van der Waals surface area contributed by atoms with Crippen LogP contribution in [0.15, 0.2) is 17.0 Å². The number of benzene rings is 1. The van der Waals surface area contributed by atoms with Crippen molar-refractivity contribution >= 4 is 38.8 Å². The molecule has 0 N–H and O–H groups in total. The van der Waals surface area contributed by atoms with Gasteiger partial charge in [-0.05, 0) is 18.5 Å². The molecule has 0 aliphatic heterocycles. The van der Waals surface area contributed by atoms with Crippen LogP contribution in [0, 0.1) is 5.92 Å². The topological polar surface area (TPSA) is 94.6 Å². The Kier molecular flexibility index (Phi) is 4.22. The van der Waals surface area contributed by atoms with Gasteiger partial charge in [-0.15, -0.1) is 0 Å². The van der Waals surface area contributed by atoms with Gasteiger partial charge in [0.05, 0.1) is 16.5 Å². The minimum absolute atomic E-state index is 0.527. The van der Waals surface area contributed by atoms with Crippen LogP contribution in [0.2, 0.25) is 5.02 Å². The number of hydrogen-bond acceptors (Lipinski definition) is 6. The van der Waals surface area contributed by atoms with Crippen LogP contribution < -0.4 is 0 Å². The zero-order valence-corrected chi connectivity index (χ0v) is 15.3. The number of alkyl halides is 3. The molecule has 1 fully saturated rings. The molecule has 1 aromatic rings. The summed E-state index contributed by atoms with van der Waals surface area (Å²) in [5.74, 6) is -6.88. The molecule has 0 spiro atoms. The zero-order chi connectivity index (χ0) is 27.4. The predicted molar refractivity (Wildman–Crippen MR) is 92.0 cm³/mol. The average Bonchev–Trinajstić information content (AvgIpc) is 2.65. The largest absolute Gasteiger partial charge is 0.411 e. The van der Waals surface area contributed by atoms with Crippen LogP contribution >= 0.6 is 11.6 Å². The molecule has 1 aromatic carbocycles. The van der Waals surface area contributed by atoms with Crippen molar-refractivity contribution in [3.8, 4) is 0 Å². The number of ether oxygens (including phenoxy) is 1. The van der Waals surface area contributed by atoms with Crippen LogP contribution in [0.3, 0.4) is 0 Å². The van der Waals surface area contributed by atoms with E-state index in [4.69, 9.17) is 21.2 Å². The van der Waals surface area contributed by atoms with Crippen LogP contribution in [-0.4, -0.2) is 44.7 Å². The van der Waals surface area contributed by atoms with E-state index in [1.54, 1.807) is 0 Å². The van der Waals surface area contributed by atoms with Crippen molar-refractivity contribution in [2.75, 3.05) is 12.8 Å². The van der Waals surface area contributed by atoms with Gasteiger partial charge in [-0.25, -0.2) is 8.42 Å². The van der Waals surface area contributed by atoms with Gasteiger partial charge in [0.2, 0.25) is 0 Å². The SMILES string of the molecule is [2H]C1([2H])CC(=O)C(C(=O)c2ccc(S(=O)(=O)C([2H])([2H])[2H])c(COCC(F)(F)F)c2Cl)C(=O)C1([2H])[2H]. The molecule has 0 amide bonds. The fourth-order valence-electron chi connectivity index (χ4n) is 2.41. The summed E-state index contributed by atoms with van der Waals surface area (Å²) in [7, 11) is -5.22. The van der Waals surface area contributed by atoms with Crippen molar-refractivity contribution in [3.05, 3.63) is 28.3 Å². The van der Waals surface area contributed by atoms with Gasteiger partial charge in [0.1, 0.15) is 12.5 Å². The molecule has 1 unspecified atom stereocenters. The van der Waals surface area contributed by atoms with E-state index >= 15 is 0 Å². The van der Waals surface area contributed by atoms with E-state index in [-0.39, 0.29) is 0 Å². The Balaban J connectivity index is 2.64. The van der Waals surface area contributed by atoms with Crippen molar-refractivity contribution in [2.24, 2.45) is 5.92 Å². The quantitative estimate of drug-likeness (QED) is 0.491. The van der Waals surface area contributed by atoms with E-state index < -0.39 is 98.9 Å². The number of sulfone groups is 1. The van der Waals surface area contributed by atoms with Crippen molar-refractivity contribution in [1.29, 1.82) is 0 Å². The number of halogens is 4. The Morgan fingerprint density at radius 3 is 2.64 bits per heavy atom. The number of Topliss-reactive ketones (excluding diaryl/α,β-unsaturated/α-hetero) is 3. The molecule has 11 heteroatoms. The Bertz CT molecular complexity index is 1180. The standard InChI is InChI=1S/C17H16ClF3O6S/c1-28(25,26)13-6-5-9(15(18)10(13)7-27-8-17(19,20)21)16(24)14-11(22)3-2-4-12(14)23/h5-6,14H,2-4,7-8H2,1H3/i1D3,2D2,3D2. The van der Waals surface area contributed by atoms with Gasteiger partial charge in [0.15, 0.2) is 27.2 Å². The number of ketones is 3. The molecular formula is C17H16ClF3O6S. The van der Waals surface area contributed by atoms with Crippen molar-refractivity contribution in [1.82, 2.24) is 0 Å². The molecule has 1 aliphatic carbocycles. The summed E-state index contributed by atoms with van der Waals surface area (Å²) in [4.78, 5) is 36.8. The molecule has 2 rings (SSSR count). The lowest BCUT2D eigenvalue weighted by Gasteiger charge is -2.20. The predicted octanol–water partition coefficient (Wildman–Crippen LogP) is 2.94. The molecule has 1 atom stereocenters. The van der Waals surface area contributed by atoms with Crippen LogP contribution in [0.25, 0.3) is 0 Å². The van der Waals surface area contributed by atoms with E-state index in [9.17, 15) is 36.0 Å². The summed E-state index contributed by atoms with van der Waals surface area (Å²) < 4.78 is 119. The maximum absolute atomic E-state index is 13.0. The molecule has 1 saturated carbocycles. The Labute approximate surface area is 173 Å². The van der Waals surface area contributed by atoms with Crippen molar-refractivity contribution in [2.45, 2.75) is 36.8 Å². The number of rotatable bonds is 6. The third-order valence-corrected chi connectivity index (χ3v) is 4.98. The molecular weight excluding hydrogens is 425 g/mol. The normalized spacial score (nSPS) is 26.1. The Hall–Kier alpha value is -1.78. The molecule has 154 valence electrons. The lowest BCUT2D eigenvalue weighted by Crippen LogP contribution is -2.35. The number of hydrogen-bond donors (Lipinski definition) is 0. The first-order valence-corrected chi connectivity index (χ1v) is 9.24. The van der Waals surface area contributed by atoms with E-state index in [0.717, 1.165) is 0 Å². The second-order valence-electron chi connectivity index (χ2n) is 5.62. The first-order valence-electron chi connectivity index (χ1n) is 10.9. The first-order chi connectivity index (χ1) is 15.6. The van der Waals surface area contributed by atoms with Crippen LogP contribution in [0.5, 0.6) is 0 Å². The Morgan fingerprint density at radius 1 is 1.36 bits per heavy atom. The summed E-state index contributed by atoms with van der Waals surface area (Å²) in [5.41, 5.74) is -1.67. The number of carbonyl (C=O) groups excluding carboxylic acids is 3. The lowest BCUT2D eigenvalue weighted by molar-refractivity contribution is -0.176. The maximum Gasteiger partial charge on any atom is 0.411 e. The van der Waals surface area contributed by atoms with Crippen LogP contribution in [0.1, 0.15) is 44.7 Å². The highest BCUT2D eigenvalue weighted by Crippen LogP contribution is 2.32. The van der Waals surface area contributed by atoms with Gasteiger partial charge in [-0.2, -0.15) is 13.2 Å². The van der Waals surface area contributed by atoms with E-state index in [2.05, 4.69) is 4.74 Å². The van der Waals surface area contributed by atoms with Gasteiger partial charge in [-0.1, -0.05) is 11.6 Å². The van der Waals surface area contributed by atoms with E-state index in [1.807, 2.05) is 0 Å². The maximum atomic E-state index is 13.0. The average molecular weight is 448 g/mol. The fourth-order valence-corrected chi connectivity index (χ4v) is 3.51. The third kappa shape index (κ3) is 5.18. The second-order valence-corrected chi connectivity index (χ2v) is 7.45. The third-order valence-electron chi connectivity index (χ3n) is 3.59. The van der Waals surface area contributed by atoms with Crippen molar-refractivity contribution < 1.29 is 50.3 Å². The molecule has 28 heavy (non-hydrogen) atoms. The Morgan fingerprint density at radius 2 is 2.04 bits per heavy atom. The molecule has 6 nitrogen and oxygen atoms in total. The second kappa shape index (κ2) is 8.30. The highest BCUT2D eigenvalue weighted by atomic mass is 35.5. The monoisotopic (exact) mass is 447 g/mol. The van der Waals surface area contributed by atoms with Gasteiger partial charge >= 0.3 is 6.18 Å². The van der Waals surface area contributed by atoms with E-state index in [1.165, 1.54) is 0 Å². The first kappa shape index (κ1) is 14.2. The molecule has 0 aromatic heterocycles. The van der Waals surface area contributed by atoms with Gasteiger partial charge in [-0.3, -0.25) is 14.4 Å². The van der Waals surface area contributed by atoms with Crippen LogP contribution in [-0.2, 0) is 30.8 Å². The smallest absolute Gasteiger partial charge is 0.367 e. The molecule has 0 bridgehead atoms. The molecule has 0 heterocycles. The molecule has 0 saturated heterocycles. The fraction of sp³-hybridized carbons (Fsp3) is 0.471. The summed E-state index contributed by atoms with van der Waals surface area (Å²) in [6.07, 6.45) is -15.9. The van der Waals surface area contributed by atoms with Crippen LogP contribution in [0.4, 0.5) is 13.2 Å². The minimum atomic E-state index is -5.22. The summed E-state index contributed by atoms with van der Waals surface area (Å²) in [6.45, 7) is -3.14. The van der Waals surface area contributed by atoms with Gasteiger partial charge in [0.25, 0.3) is 0 Å². The zero-order valence-electron chi connectivity index (χ0n) is 20.7.